The van der Waals surface area contributed by atoms with E-state index in [0.717, 1.165) is 12.5 Å². The average molecular weight is 294 g/mol. The molecule has 0 aromatic heterocycles. The van der Waals surface area contributed by atoms with Crippen LogP contribution in [0.2, 0.25) is 0 Å². The third kappa shape index (κ3) is 3.98. The standard InChI is InChI=1S/C17H30N2O2/c1-5-12-6-8-13(9-7-12)10-19-11-14(20)18-15(16(19)21)17(2,3)4/h12-13,15H,5-11H2,1-4H3,(H,18,20). The van der Waals surface area contributed by atoms with Crippen LogP contribution in [0.3, 0.4) is 0 Å². The van der Waals surface area contributed by atoms with Crippen molar-refractivity contribution >= 4 is 11.8 Å². The lowest BCUT2D eigenvalue weighted by Crippen LogP contribution is -2.62. The van der Waals surface area contributed by atoms with Crippen LogP contribution in [0, 0.1) is 17.3 Å². The minimum Gasteiger partial charge on any atom is -0.342 e. The van der Waals surface area contributed by atoms with E-state index in [1.54, 1.807) is 4.90 Å². The van der Waals surface area contributed by atoms with Crippen molar-refractivity contribution in [2.75, 3.05) is 13.1 Å². The smallest absolute Gasteiger partial charge is 0.246 e. The summed E-state index contributed by atoms with van der Waals surface area (Å²) in [6, 6.07) is -0.384. The van der Waals surface area contributed by atoms with Crippen molar-refractivity contribution in [2.24, 2.45) is 17.3 Å². The molecular weight excluding hydrogens is 264 g/mol. The Labute approximate surface area is 128 Å². The highest BCUT2D eigenvalue weighted by Gasteiger charge is 2.40. The summed E-state index contributed by atoms with van der Waals surface area (Å²) < 4.78 is 0. The zero-order chi connectivity index (χ0) is 15.6. The molecule has 0 bridgehead atoms. The van der Waals surface area contributed by atoms with Gasteiger partial charge in [-0.05, 0) is 30.1 Å². The van der Waals surface area contributed by atoms with E-state index in [0.29, 0.717) is 5.92 Å². The number of nitrogens with one attached hydrogen (secondary N) is 1. The van der Waals surface area contributed by atoms with Gasteiger partial charge in [-0.2, -0.15) is 0 Å². The van der Waals surface area contributed by atoms with Crippen LogP contribution in [0.1, 0.15) is 59.8 Å². The fraction of sp³-hybridized carbons (Fsp3) is 0.882. The second-order valence-corrected chi connectivity index (χ2v) is 7.88. The van der Waals surface area contributed by atoms with Crippen molar-refractivity contribution in [2.45, 2.75) is 65.8 Å². The number of carbonyl (C=O) groups excluding carboxylic acids is 2. The highest BCUT2D eigenvalue weighted by Crippen LogP contribution is 2.32. The topological polar surface area (TPSA) is 49.4 Å². The molecule has 120 valence electrons. The fourth-order valence-corrected chi connectivity index (χ4v) is 3.58. The Morgan fingerprint density at radius 3 is 2.19 bits per heavy atom. The molecule has 4 heteroatoms. The minimum absolute atomic E-state index is 0.0169. The third-order valence-corrected chi connectivity index (χ3v) is 5.09. The van der Waals surface area contributed by atoms with Gasteiger partial charge >= 0.3 is 0 Å². The first-order valence-electron chi connectivity index (χ1n) is 8.39. The van der Waals surface area contributed by atoms with Crippen LogP contribution in [0.25, 0.3) is 0 Å². The lowest BCUT2D eigenvalue weighted by atomic mass is 9.80. The van der Waals surface area contributed by atoms with Crippen molar-refractivity contribution in [1.29, 1.82) is 0 Å². The number of rotatable bonds is 3. The lowest BCUT2D eigenvalue weighted by molar-refractivity contribution is -0.148. The molecule has 2 amide bonds. The average Bonchev–Trinajstić information content (AvgIpc) is 2.42. The van der Waals surface area contributed by atoms with Crippen molar-refractivity contribution in [3.05, 3.63) is 0 Å². The molecule has 1 N–H and O–H groups in total. The Morgan fingerprint density at radius 1 is 1.10 bits per heavy atom. The first-order valence-corrected chi connectivity index (χ1v) is 8.39. The number of amides is 2. The number of nitrogens with zero attached hydrogens (tertiary/aromatic N) is 1. The summed E-state index contributed by atoms with van der Waals surface area (Å²) in [5, 5.41) is 2.86. The molecule has 1 aliphatic carbocycles. The molecule has 1 saturated heterocycles. The van der Waals surface area contributed by atoms with Gasteiger partial charge in [-0.25, -0.2) is 0 Å². The van der Waals surface area contributed by atoms with E-state index >= 15 is 0 Å². The summed E-state index contributed by atoms with van der Waals surface area (Å²) >= 11 is 0. The molecule has 1 aliphatic heterocycles. The summed E-state index contributed by atoms with van der Waals surface area (Å²) in [4.78, 5) is 26.3. The highest BCUT2D eigenvalue weighted by atomic mass is 16.2. The summed E-state index contributed by atoms with van der Waals surface area (Å²) in [5.41, 5.74) is -0.231. The molecule has 0 radical (unpaired) electrons. The Hall–Kier alpha value is -1.06. The number of carbonyl (C=O) groups is 2. The predicted molar refractivity (Wildman–Crippen MR) is 83.7 cm³/mol. The molecule has 2 rings (SSSR count). The second kappa shape index (κ2) is 6.37. The van der Waals surface area contributed by atoms with Crippen LogP contribution >= 0.6 is 0 Å². The van der Waals surface area contributed by atoms with Gasteiger partial charge in [0.1, 0.15) is 6.04 Å². The van der Waals surface area contributed by atoms with Gasteiger partial charge in [0, 0.05) is 6.54 Å². The Bertz CT molecular complexity index is 392. The van der Waals surface area contributed by atoms with Crippen LogP contribution in [0.15, 0.2) is 0 Å². The molecule has 0 spiro atoms. The largest absolute Gasteiger partial charge is 0.342 e. The first-order chi connectivity index (χ1) is 9.81. The molecule has 21 heavy (non-hydrogen) atoms. The summed E-state index contributed by atoms with van der Waals surface area (Å²) in [7, 11) is 0. The zero-order valence-corrected chi connectivity index (χ0v) is 13.9. The maximum absolute atomic E-state index is 12.6. The SMILES string of the molecule is CCC1CCC(CN2CC(=O)NC(C(C)(C)C)C2=O)CC1. The molecule has 1 saturated carbocycles. The maximum atomic E-state index is 12.6. The number of hydrogen-bond donors (Lipinski definition) is 1. The van der Waals surface area contributed by atoms with Gasteiger partial charge < -0.3 is 10.2 Å². The first kappa shape index (κ1) is 16.3. The molecule has 1 unspecified atom stereocenters. The molecule has 0 aromatic carbocycles. The summed E-state index contributed by atoms with van der Waals surface area (Å²) in [6.07, 6.45) is 6.22. The van der Waals surface area contributed by atoms with Gasteiger partial charge in [0.2, 0.25) is 11.8 Å². The lowest BCUT2D eigenvalue weighted by Gasteiger charge is -2.41. The number of hydrogen-bond acceptors (Lipinski definition) is 2. The van der Waals surface area contributed by atoms with E-state index in [-0.39, 0.29) is 29.8 Å². The second-order valence-electron chi connectivity index (χ2n) is 7.88. The number of piperazine rings is 1. The molecule has 4 nitrogen and oxygen atoms in total. The normalized spacial score (nSPS) is 31.2. The Morgan fingerprint density at radius 2 is 1.67 bits per heavy atom. The van der Waals surface area contributed by atoms with E-state index in [4.69, 9.17) is 0 Å². The molecule has 1 heterocycles. The van der Waals surface area contributed by atoms with Crippen molar-refractivity contribution in [3.8, 4) is 0 Å². The van der Waals surface area contributed by atoms with E-state index in [2.05, 4.69) is 12.2 Å². The Balaban J connectivity index is 1.96. The van der Waals surface area contributed by atoms with E-state index in [1.807, 2.05) is 20.8 Å². The predicted octanol–water partition coefficient (Wildman–Crippen LogP) is 2.58. The molecule has 2 fully saturated rings. The van der Waals surface area contributed by atoms with Gasteiger partial charge in [-0.1, -0.05) is 47.0 Å². The minimum atomic E-state index is -0.384. The van der Waals surface area contributed by atoms with E-state index < -0.39 is 0 Å². The fourth-order valence-electron chi connectivity index (χ4n) is 3.58. The molecule has 1 atom stereocenters. The van der Waals surface area contributed by atoms with Crippen LogP contribution < -0.4 is 5.32 Å². The van der Waals surface area contributed by atoms with E-state index in [1.165, 1.54) is 32.1 Å². The maximum Gasteiger partial charge on any atom is 0.246 e. The van der Waals surface area contributed by atoms with Crippen LogP contribution in [-0.2, 0) is 9.59 Å². The van der Waals surface area contributed by atoms with Crippen LogP contribution in [-0.4, -0.2) is 35.8 Å². The van der Waals surface area contributed by atoms with Gasteiger partial charge in [-0.3, -0.25) is 9.59 Å². The zero-order valence-electron chi connectivity index (χ0n) is 13.9. The van der Waals surface area contributed by atoms with E-state index in [9.17, 15) is 9.59 Å². The molecule has 0 aromatic rings. The monoisotopic (exact) mass is 294 g/mol. The summed E-state index contributed by atoms with van der Waals surface area (Å²) in [6.45, 7) is 9.27. The quantitative estimate of drug-likeness (QED) is 0.869. The van der Waals surface area contributed by atoms with Crippen molar-refractivity contribution in [3.63, 3.8) is 0 Å². The molecule has 2 aliphatic rings. The van der Waals surface area contributed by atoms with Crippen molar-refractivity contribution < 1.29 is 9.59 Å². The highest BCUT2D eigenvalue weighted by molar-refractivity contribution is 5.95. The van der Waals surface area contributed by atoms with Crippen LogP contribution in [0.5, 0.6) is 0 Å². The van der Waals surface area contributed by atoms with Gasteiger partial charge in [0.25, 0.3) is 0 Å². The Kier molecular flexibility index (Phi) is 4.95. The van der Waals surface area contributed by atoms with Crippen molar-refractivity contribution in [1.82, 2.24) is 10.2 Å². The molecular formula is C17H30N2O2. The van der Waals surface area contributed by atoms with Gasteiger partial charge in [0.05, 0.1) is 6.54 Å². The van der Waals surface area contributed by atoms with Gasteiger partial charge in [0.15, 0.2) is 0 Å². The summed E-state index contributed by atoms with van der Waals surface area (Å²) in [5.74, 6) is 1.52. The van der Waals surface area contributed by atoms with Crippen LogP contribution in [0.4, 0.5) is 0 Å². The third-order valence-electron chi connectivity index (χ3n) is 5.09. The van der Waals surface area contributed by atoms with Gasteiger partial charge in [-0.15, -0.1) is 0 Å².